The number of allylic oxidation sites excluding steroid dienone is 1. The minimum atomic E-state index is -0.806. The zero-order valence-corrected chi connectivity index (χ0v) is 7.63. The van der Waals surface area contributed by atoms with Crippen LogP contribution in [0.5, 0.6) is 0 Å². The Morgan fingerprint density at radius 2 is 1.75 bits per heavy atom. The maximum atomic E-state index is 10.6. The highest BCUT2D eigenvalue weighted by Crippen LogP contribution is 2.16. The molecule has 12 heavy (non-hydrogen) atoms. The monoisotopic (exact) mass is 169 g/mol. The molecule has 0 aromatic carbocycles. The summed E-state index contributed by atoms with van der Waals surface area (Å²) in [5, 5.41) is 8.73. The summed E-state index contributed by atoms with van der Waals surface area (Å²) in [6, 6.07) is 0. The average Bonchev–Trinajstić information content (AvgIpc) is 2.53. The third-order valence-electron chi connectivity index (χ3n) is 2.44. The number of carboxylic acids is 1. The molecule has 0 amide bonds. The molecule has 0 radical (unpaired) electrons. The van der Waals surface area contributed by atoms with E-state index in [-0.39, 0.29) is 0 Å². The number of hydrogen-bond donors (Lipinski definition) is 1. The van der Waals surface area contributed by atoms with Crippen LogP contribution in [-0.2, 0) is 4.79 Å². The number of rotatable bonds is 2. The van der Waals surface area contributed by atoms with Crippen molar-refractivity contribution in [2.75, 3.05) is 13.1 Å². The molecule has 0 aliphatic carbocycles. The van der Waals surface area contributed by atoms with Crippen LogP contribution in [-0.4, -0.2) is 29.1 Å². The second-order valence-corrected chi connectivity index (χ2v) is 3.21. The van der Waals surface area contributed by atoms with Gasteiger partial charge in [0.2, 0.25) is 0 Å². The summed E-state index contributed by atoms with van der Waals surface area (Å²) in [4.78, 5) is 12.8. The molecule has 0 unspecified atom stereocenters. The minimum Gasteiger partial charge on any atom is -0.478 e. The summed E-state index contributed by atoms with van der Waals surface area (Å²) in [6.45, 7) is 5.57. The van der Waals surface area contributed by atoms with Crippen molar-refractivity contribution in [3.8, 4) is 0 Å². The third-order valence-corrected chi connectivity index (χ3v) is 2.44. The van der Waals surface area contributed by atoms with Crippen molar-refractivity contribution in [2.45, 2.75) is 26.7 Å². The average molecular weight is 169 g/mol. The highest BCUT2D eigenvalue weighted by molar-refractivity contribution is 5.86. The van der Waals surface area contributed by atoms with Gasteiger partial charge in [-0.05, 0) is 26.7 Å². The van der Waals surface area contributed by atoms with Crippen LogP contribution < -0.4 is 0 Å². The predicted molar refractivity (Wildman–Crippen MR) is 46.8 cm³/mol. The van der Waals surface area contributed by atoms with E-state index in [2.05, 4.69) is 4.90 Å². The Bertz CT molecular complexity index is 215. The van der Waals surface area contributed by atoms with Crippen LogP contribution >= 0.6 is 0 Å². The van der Waals surface area contributed by atoms with E-state index in [1.54, 1.807) is 6.92 Å². The van der Waals surface area contributed by atoms with Crippen molar-refractivity contribution < 1.29 is 9.90 Å². The molecule has 1 rings (SSSR count). The van der Waals surface area contributed by atoms with Gasteiger partial charge < -0.3 is 10.0 Å². The second kappa shape index (κ2) is 3.61. The van der Waals surface area contributed by atoms with E-state index in [1.165, 1.54) is 12.8 Å². The topological polar surface area (TPSA) is 40.5 Å². The molecule has 1 N–H and O–H groups in total. The molecular weight excluding hydrogens is 154 g/mol. The molecule has 0 saturated carbocycles. The summed E-state index contributed by atoms with van der Waals surface area (Å²) in [6.07, 6.45) is 2.37. The third kappa shape index (κ3) is 1.78. The van der Waals surface area contributed by atoms with Crippen LogP contribution in [0, 0.1) is 0 Å². The van der Waals surface area contributed by atoms with E-state index < -0.39 is 5.97 Å². The first kappa shape index (κ1) is 9.10. The molecule has 68 valence electrons. The first-order valence-electron chi connectivity index (χ1n) is 4.28. The molecule has 0 spiro atoms. The van der Waals surface area contributed by atoms with Gasteiger partial charge in [0.15, 0.2) is 0 Å². The van der Waals surface area contributed by atoms with E-state index in [0.717, 1.165) is 18.8 Å². The number of nitrogens with zero attached hydrogens (tertiary/aromatic N) is 1. The lowest BCUT2D eigenvalue weighted by atomic mass is 10.2. The Labute approximate surface area is 72.7 Å². The van der Waals surface area contributed by atoms with Gasteiger partial charge in [-0.2, -0.15) is 0 Å². The fourth-order valence-electron chi connectivity index (χ4n) is 1.44. The molecule has 1 aliphatic rings. The molecule has 1 saturated heterocycles. The van der Waals surface area contributed by atoms with Gasteiger partial charge in [-0.3, -0.25) is 0 Å². The molecule has 1 aliphatic heterocycles. The zero-order valence-electron chi connectivity index (χ0n) is 7.63. The van der Waals surface area contributed by atoms with Crippen molar-refractivity contribution in [1.82, 2.24) is 4.90 Å². The molecule has 1 heterocycles. The predicted octanol–water partition coefficient (Wildman–Crippen LogP) is 1.46. The number of carbonyl (C=O) groups is 1. The van der Waals surface area contributed by atoms with Crippen LogP contribution in [0.15, 0.2) is 11.3 Å². The second-order valence-electron chi connectivity index (χ2n) is 3.21. The maximum absolute atomic E-state index is 10.6. The standard InChI is InChI=1S/C9H15NO2/c1-7(9(11)12)8(2)10-5-3-4-6-10/h3-6H2,1-2H3,(H,11,12)/b8-7-. The summed E-state index contributed by atoms with van der Waals surface area (Å²) in [5.41, 5.74) is 1.39. The van der Waals surface area contributed by atoms with Gasteiger partial charge in [0.1, 0.15) is 0 Å². The highest BCUT2D eigenvalue weighted by Gasteiger charge is 2.15. The molecule has 0 aromatic heterocycles. The largest absolute Gasteiger partial charge is 0.478 e. The Kier molecular flexibility index (Phi) is 2.74. The fraction of sp³-hybridized carbons (Fsp3) is 0.667. The number of carboxylic acid groups (broad SMARTS) is 1. The van der Waals surface area contributed by atoms with Gasteiger partial charge in [0, 0.05) is 18.8 Å². The number of hydrogen-bond acceptors (Lipinski definition) is 2. The summed E-state index contributed by atoms with van der Waals surface area (Å²) >= 11 is 0. The van der Waals surface area contributed by atoms with Crippen LogP contribution in [0.3, 0.4) is 0 Å². The molecule has 0 aromatic rings. The Hall–Kier alpha value is -0.990. The lowest BCUT2D eigenvalue weighted by Gasteiger charge is -2.19. The van der Waals surface area contributed by atoms with Crippen LogP contribution in [0.25, 0.3) is 0 Å². The van der Waals surface area contributed by atoms with Crippen LogP contribution in [0.4, 0.5) is 0 Å². The summed E-state index contributed by atoms with van der Waals surface area (Å²) < 4.78 is 0. The number of likely N-dealkylation sites (tertiary alicyclic amines) is 1. The summed E-state index contributed by atoms with van der Waals surface area (Å²) in [5.74, 6) is -0.806. The van der Waals surface area contributed by atoms with Gasteiger partial charge in [0.25, 0.3) is 0 Å². The quantitative estimate of drug-likeness (QED) is 0.636. The highest BCUT2D eigenvalue weighted by atomic mass is 16.4. The number of aliphatic carboxylic acids is 1. The smallest absolute Gasteiger partial charge is 0.333 e. The lowest BCUT2D eigenvalue weighted by molar-refractivity contribution is -0.132. The van der Waals surface area contributed by atoms with Crippen molar-refractivity contribution in [3.05, 3.63) is 11.3 Å². The molecular formula is C9H15NO2. The molecule has 1 fully saturated rings. The van der Waals surface area contributed by atoms with E-state index in [0.29, 0.717) is 5.57 Å². The molecule has 0 bridgehead atoms. The van der Waals surface area contributed by atoms with Crippen molar-refractivity contribution >= 4 is 5.97 Å². The van der Waals surface area contributed by atoms with Crippen molar-refractivity contribution in [3.63, 3.8) is 0 Å². The fourth-order valence-corrected chi connectivity index (χ4v) is 1.44. The van der Waals surface area contributed by atoms with Gasteiger partial charge in [-0.25, -0.2) is 4.79 Å². The van der Waals surface area contributed by atoms with Crippen molar-refractivity contribution in [2.24, 2.45) is 0 Å². The van der Waals surface area contributed by atoms with E-state index in [4.69, 9.17) is 5.11 Å². The Balaban J connectivity index is 2.72. The molecule has 3 nitrogen and oxygen atoms in total. The minimum absolute atomic E-state index is 0.469. The van der Waals surface area contributed by atoms with Gasteiger partial charge in [0.05, 0.1) is 5.57 Å². The van der Waals surface area contributed by atoms with Gasteiger partial charge >= 0.3 is 5.97 Å². The lowest BCUT2D eigenvalue weighted by Crippen LogP contribution is -2.19. The molecule has 0 atom stereocenters. The summed E-state index contributed by atoms with van der Waals surface area (Å²) in [7, 11) is 0. The van der Waals surface area contributed by atoms with Gasteiger partial charge in [-0.15, -0.1) is 0 Å². The van der Waals surface area contributed by atoms with E-state index in [1.807, 2.05) is 6.92 Å². The zero-order chi connectivity index (χ0) is 9.14. The van der Waals surface area contributed by atoms with E-state index >= 15 is 0 Å². The van der Waals surface area contributed by atoms with Gasteiger partial charge in [-0.1, -0.05) is 0 Å². The van der Waals surface area contributed by atoms with Crippen molar-refractivity contribution in [1.29, 1.82) is 0 Å². The molecule has 3 heteroatoms. The first-order chi connectivity index (χ1) is 5.63. The SMILES string of the molecule is C/C(C(=O)O)=C(\C)N1CCCC1. The first-order valence-corrected chi connectivity index (χ1v) is 4.28. The Morgan fingerprint density at radius 3 is 2.17 bits per heavy atom. The Morgan fingerprint density at radius 1 is 1.25 bits per heavy atom. The van der Waals surface area contributed by atoms with Crippen LogP contribution in [0.2, 0.25) is 0 Å². The maximum Gasteiger partial charge on any atom is 0.333 e. The van der Waals surface area contributed by atoms with E-state index in [9.17, 15) is 4.79 Å². The normalized spacial score (nSPS) is 19.3. The van der Waals surface area contributed by atoms with Crippen LogP contribution in [0.1, 0.15) is 26.7 Å².